The second kappa shape index (κ2) is 5.47. The molecule has 7 nitrogen and oxygen atoms in total. The van der Waals surface area contributed by atoms with E-state index in [1.165, 1.54) is 12.1 Å². The van der Waals surface area contributed by atoms with Gasteiger partial charge in [-0.2, -0.15) is 0 Å². The van der Waals surface area contributed by atoms with Gasteiger partial charge in [-0.25, -0.2) is 15.2 Å². The third-order valence-corrected chi connectivity index (χ3v) is 2.98. The number of hydrogen-bond acceptors (Lipinski definition) is 5. The first-order valence-corrected chi connectivity index (χ1v) is 5.74. The molecule has 1 amide bonds. The number of benzene rings is 1. The van der Waals surface area contributed by atoms with E-state index in [-0.39, 0.29) is 17.3 Å². The monoisotopic (exact) mass is 288 g/mol. The lowest BCUT2D eigenvalue weighted by Crippen LogP contribution is -2.46. The summed E-state index contributed by atoms with van der Waals surface area (Å²) in [5.41, 5.74) is 5.35. The van der Waals surface area contributed by atoms with Crippen molar-refractivity contribution in [1.82, 2.24) is 10.9 Å². The molecular weight excluding hydrogens is 279 g/mol. The van der Waals surface area contributed by atoms with Gasteiger partial charge in [0, 0.05) is 10.6 Å². The minimum absolute atomic E-state index is 0.0509. The summed E-state index contributed by atoms with van der Waals surface area (Å²) in [4.78, 5) is 22.1. The van der Waals surface area contributed by atoms with Crippen molar-refractivity contribution < 1.29 is 14.1 Å². The third kappa shape index (κ3) is 2.98. The largest absolute Gasteiger partial charge is 0.324 e. The summed E-state index contributed by atoms with van der Waals surface area (Å²) >= 11 is 5.57. The van der Waals surface area contributed by atoms with Crippen LogP contribution in [0.25, 0.3) is 0 Å². The second-order valence-electron chi connectivity index (χ2n) is 3.97. The van der Waals surface area contributed by atoms with Crippen LogP contribution in [0.3, 0.4) is 0 Å². The molecule has 1 saturated heterocycles. The fourth-order valence-electron chi connectivity index (χ4n) is 1.72. The van der Waals surface area contributed by atoms with Crippen molar-refractivity contribution in [2.75, 3.05) is 11.9 Å². The van der Waals surface area contributed by atoms with Gasteiger partial charge in [0.1, 0.15) is 5.82 Å². The average molecular weight is 289 g/mol. The Kier molecular flexibility index (Phi) is 3.93. The number of halogens is 2. The van der Waals surface area contributed by atoms with Crippen LogP contribution in [0.2, 0.25) is 5.02 Å². The predicted octanol–water partition coefficient (Wildman–Crippen LogP) is 0.539. The number of hydrogen-bond donors (Lipinski definition) is 3. The number of nitrogens with zero attached hydrogens (tertiary/aromatic N) is 1. The SMILES string of the molecule is O=C(Nc1ccc(F)c(Cl)c1)C1NNCC1[N+](=O)[O-]. The summed E-state index contributed by atoms with van der Waals surface area (Å²) in [6.45, 7) is 0.0509. The molecule has 1 aromatic rings. The highest BCUT2D eigenvalue weighted by Gasteiger charge is 2.41. The molecule has 1 aliphatic rings. The fraction of sp³-hybridized carbons (Fsp3) is 0.300. The van der Waals surface area contributed by atoms with E-state index in [1.54, 1.807) is 0 Å². The van der Waals surface area contributed by atoms with E-state index in [4.69, 9.17) is 11.6 Å². The van der Waals surface area contributed by atoms with Gasteiger partial charge >= 0.3 is 0 Å². The van der Waals surface area contributed by atoms with E-state index in [0.29, 0.717) is 0 Å². The molecule has 102 valence electrons. The van der Waals surface area contributed by atoms with Crippen molar-refractivity contribution in [1.29, 1.82) is 0 Å². The molecule has 1 aromatic carbocycles. The maximum atomic E-state index is 12.9. The number of nitrogens with one attached hydrogen (secondary N) is 3. The van der Waals surface area contributed by atoms with Crippen LogP contribution in [0.1, 0.15) is 0 Å². The molecule has 2 atom stereocenters. The van der Waals surface area contributed by atoms with E-state index in [1.807, 2.05) is 0 Å². The molecule has 1 heterocycles. The van der Waals surface area contributed by atoms with Crippen molar-refractivity contribution in [2.24, 2.45) is 0 Å². The molecule has 9 heteroatoms. The van der Waals surface area contributed by atoms with Gasteiger partial charge in [-0.05, 0) is 18.2 Å². The Balaban J connectivity index is 2.08. The third-order valence-electron chi connectivity index (χ3n) is 2.69. The summed E-state index contributed by atoms with van der Waals surface area (Å²) in [5, 5.41) is 13.0. The first-order valence-electron chi connectivity index (χ1n) is 5.37. The van der Waals surface area contributed by atoms with E-state index < -0.39 is 28.7 Å². The fourth-order valence-corrected chi connectivity index (χ4v) is 1.90. The van der Waals surface area contributed by atoms with Crippen LogP contribution < -0.4 is 16.2 Å². The number of nitro groups is 1. The summed E-state index contributed by atoms with van der Waals surface area (Å²) in [6, 6.07) is 1.60. The van der Waals surface area contributed by atoms with Crippen molar-refractivity contribution in [3.05, 3.63) is 39.2 Å². The molecule has 0 bridgehead atoms. The minimum atomic E-state index is -1.06. The van der Waals surface area contributed by atoms with E-state index in [2.05, 4.69) is 16.2 Å². The van der Waals surface area contributed by atoms with E-state index in [0.717, 1.165) is 6.07 Å². The summed E-state index contributed by atoms with van der Waals surface area (Å²) in [7, 11) is 0. The van der Waals surface area contributed by atoms with E-state index in [9.17, 15) is 19.3 Å². The van der Waals surface area contributed by atoms with Crippen molar-refractivity contribution >= 4 is 23.2 Å². The van der Waals surface area contributed by atoms with Gasteiger partial charge in [-0.1, -0.05) is 11.6 Å². The minimum Gasteiger partial charge on any atom is -0.324 e. The molecule has 19 heavy (non-hydrogen) atoms. The lowest BCUT2D eigenvalue weighted by molar-refractivity contribution is -0.517. The van der Waals surface area contributed by atoms with Gasteiger partial charge in [0.05, 0.1) is 11.6 Å². The van der Waals surface area contributed by atoms with Crippen LogP contribution in [0, 0.1) is 15.9 Å². The zero-order valence-electron chi connectivity index (χ0n) is 9.52. The summed E-state index contributed by atoms with van der Waals surface area (Å²) in [6.07, 6.45) is 0. The zero-order valence-corrected chi connectivity index (χ0v) is 10.3. The van der Waals surface area contributed by atoms with Gasteiger partial charge in [0.2, 0.25) is 5.91 Å². The Morgan fingerprint density at radius 3 is 2.95 bits per heavy atom. The smallest absolute Gasteiger partial charge is 0.252 e. The van der Waals surface area contributed by atoms with Crippen LogP contribution in [0.5, 0.6) is 0 Å². The summed E-state index contributed by atoms with van der Waals surface area (Å²) < 4.78 is 12.9. The van der Waals surface area contributed by atoms with Crippen molar-refractivity contribution in [3.8, 4) is 0 Å². The van der Waals surface area contributed by atoms with Crippen LogP contribution in [0.15, 0.2) is 18.2 Å². The average Bonchev–Trinajstić information content (AvgIpc) is 2.83. The van der Waals surface area contributed by atoms with Gasteiger partial charge in [-0.15, -0.1) is 0 Å². The van der Waals surface area contributed by atoms with Gasteiger partial charge in [-0.3, -0.25) is 14.9 Å². The van der Waals surface area contributed by atoms with Crippen LogP contribution >= 0.6 is 11.6 Å². The zero-order chi connectivity index (χ0) is 14.0. The van der Waals surface area contributed by atoms with E-state index >= 15 is 0 Å². The van der Waals surface area contributed by atoms with Gasteiger partial charge < -0.3 is 5.32 Å². The molecule has 0 aliphatic carbocycles. The molecule has 2 rings (SSSR count). The number of amides is 1. The standard InChI is InChI=1S/C10H10ClFN4O3/c11-6-3-5(1-2-7(6)12)14-10(17)9-8(16(18)19)4-13-15-9/h1-3,8-9,13,15H,4H2,(H,14,17). The number of carbonyl (C=O) groups excluding carboxylic acids is 1. The molecular formula is C10H10ClFN4O3. The van der Waals surface area contributed by atoms with Crippen molar-refractivity contribution in [2.45, 2.75) is 12.1 Å². The van der Waals surface area contributed by atoms with Crippen molar-refractivity contribution in [3.63, 3.8) is 0 Å². The Bertz CT molecular complexity index is 527. The van der Waals surface area contributed by atoms with Gasteiger partial charge in [0.15, 0.2) is 6.04 Å². The Morgan fingerprint density at radius 1 is 1.58 bits per heavy atom. The topological polar surface area (TPSA) is 96.3 Å². The molecule has 1 fully saturated rings. The molecule has 0 aromatic heterocycles. The lowest BCUT2D eigenvalue weighted by atomic mass is 10.1. The van der Waals surface area contributed by atoms with Crippen LogP contribution in [-0.2, 0) is 4.79 Å². The molecule has 1 aliphatic heterocycles. The number of rotatable bonds is 3. The lowest BCUT2D eigenvalue weighted by Gasteiger charge is -2.12. The maximum Gasteiger partial charge on any atom is 0.252 e. The molecule has 2 unspecified atom stereocenters. The molecule has 0 spiro atoms. The quantitative estimate of drug-likeness (QED) is 0.557. The highest BCUT2D eigenvalue weighted by atomic mass is 35.5. The molecule has 0 saturated carbocycles. The van der Waals surface area contributed by atoms with Crippen LogP contribution in [0.4, 0.5) is 10.1 Å². The first-order chi connectivity index (χ1) is 8.99. The Morgan fingerprint density at radius 2 is 2.32 bits per heavy atom. The predicted molar refractivity (Wildman–Crippen MR) is 65.7 cm³/mol. The Hall–Kier alpha value is -1.77. The normalized spacial score (nSPS) is 22.2. The number of anilines is 1. The molecule has 0 radical (unpaired) electrons. The number of carbonyl (C=O) groups is 1. The van der Waals surface area contributed by atoms with Gasteiger partial charge in [0.25, 0.3) is 6.04 Å². The first kappa shape index (κ1) is 13.7. The maximum absolute atomic E-state index is 12.9. The molecule has 3 N–H and O–H groups in total. The number of hydrazine groups is 1. The summed E-state index contributed by atoms with van der Waals surface area (Å²) in [5.74, 6) is -1.20. The highest BCUT2D eigenvalue weighted by Crippen LogP contribution is 2.19. The second-order valence-corrected chi connectivity index (χ2v) is 4.38. The van der Waals surface area contributed by atoms with Crippen LogP contribution in [-0.4, -0.2) is 29.5 Å². The highest BCUT2D eigenvalue weighted by molar-refractivity contribution is 6.31. The Labute approximate surface area is 112 Å².